The molecule has 30 heavy (non-hydrogen) atoms. The van der Waals surface area contributed by atoms with Crippen LogP contribution in [0.25, 0.3) is 0 Å². The van der Waals surface area contributed by atoms with E-state index in [2.05, 4.69) is 10.2 Å². The Balaban J connectivity index is 1.77. The van der Waals surface area contributed by atoms with Crippen LogP contribution in [0.15, 0.2) is 42.5 Å². The Labute approximate surface area is 178 Å². The molecule has 0 saturated carbocycles. The van der Waals surface area contributed by atoms with Crippen LogP contribution in [0.1, 0.15) is 18.1 Å². The zero-order valence-corrected chi connectivity index (χ0v) is 18.7. The first-order chi connectivity index (χ1) is 14.1. The summed E-state index contributed by atoms with van der Waals surface area (Å²) in [6, 6.07) is 12.2. The minimum atomic E-state index is -3.66. The Bertz CT molecular complexity index is 979. The smallest absolute Gasteiger partial charge is 0.247 e. The zero-order valence-electron chi connectivity index (χ0n) is 17.9. The number of hydrogen-bond donors (Lipinski definition) is 1. The summed E-state index contributed by atoms with van der Waals surface area (Å²) in [7, 11) is -3.66. The van der Waals surface area contributed by atoms with Crippen LogP contribution < -0.4 is 14.5 Å². The van der Waals surface area contributed by atoms with E-state index in [1.165, 1.54) is 4.31 Å². The Hall–Kier alpha value is -2.58. The van der Waals surface area contributed by atoms with Crippen LogP contribution in [0.4, 0.5) is 17.1 Å². The van der Waals surface area contributed by atoms with Crippen molar-refractivity contribution in [3.05, 3.63) is 53.6 Å². The molecule has 162 valence electrons. The lowest BCUT2D eigenvalue weighted by Crippen LogP contribution is -2.45. The number of carbonyl (C=O) groups excluding carboxylic acids is 1. The van der Waals surface area contributed by atoms with Crippen molar-refractivity contribution in [3.8, 4) is 0 Å². The molecule has 0 radical (unpaired) electrons. The van der Waals surface area contributed by atoms with E-state index < -0.39 is 22.0 Å². The van der Waals surface area contributed by atoms with E-state index >= 15 is 0 Å². The first kappa shape index (κ1) is 22.1. The second-order valence-corrected chi connectivity index (χ2v) is 9.58. The topological polar surface area (TPSA) is 79.0 Å². The van der Waals surface area contributed by atoms with Gasteiger partial charge in [0.2, 0.25) is 15.9 Å². The highest BCUT2D eigenvalue weighted by Crippen LogP contribution is 2.25. The number of hydrogen-bond acceptors (Lipinski definition) is 5. The normalized spacial score (nSPS) is 15.5. The van der Waals surface area contributed by atoms with Gasteiger partial charge in [0.1, 0.15) is 6.04 Å². The maximum absolute atomic E-state index is 12.9. The summed E-state index contributed by atoms with van der Waals surface area (Å²) < 4.78 is 31.5. The molecule has 8 heteroatoms. The van der Waals surface area contributed by atoms with Gasteiger partial charge in [-0.1, -0.05) is 6.07 Å². The zero-order chi connectivity index (χ0) is 21.9. The Morgan fingerprint density at radius 3 is 2.17 bits per heavy atom. The third-order valence-corrected chi connectivity index (χ3v) is 6.30. The highest BCUT2D eigenvalue weighted by atomic mass is 32.2. The standard InChI is InChI=1S/C22H29N3O4S/c1-16-13-17(2)15-21(14-16)25(30(4,27)28)18(3)22(26)23-19-5-7-20(8-6-19)24-9-11-29-12-10-24/h5-8,13-15,18H,9-12H2,1-4H3,(H,23,26)/t18-/m0/s1. The highest BCUT2D eigenvalue weighted by Gasteiger charge is 2.29. The van der Waals surface area contributed by atoms with Gasteiger partial charge in [-0.2, -0.15) is 0 Å². The van der Waals surface area contributed by atoms with Crippen LogP contribution in [0.3, 0.4) is 0 Å². The van der Waals surface area contributed by atoms with Gasteiger partial charge < -0.3 is 15.0 Å². The summed E-state index contributed by atoms with van der Waals surface area (Å²) in [5.74, 6) is -0.390. The monoisotopic (exact) mass is 431 g/mol. The third-order valence-electron chi connectivity index (χ3n) is 5.06. The number of benzene rings is 2. The molecule has 1 aliphatic rings. The van der Waals surface area contributed by atoms with Crippen molar-refractivity contribution in [2.75, 3.05) is 47.1 Å². The van der Waals surface area contributed by atoms with Gasteiger partial charge in [0.15, 0.2) is 0 Å². The molecule has 1 atom stereocenters. The molecule has 1 N–H and O–H groups in total. The molecule has 0 aliphatic carbocycles. The van der Waals surface area contributed by atoms with Crippen molar-refractivity contribution >= 4 is 33.0 Å². The number of nitrogens with zero attached hydrogens (tertiary/aromatic N) is 2. The molecule has 7 nitrogen and oxygen atoms in total. The van der Waals surface area contributed by atoms with Crippen molar-refractivity contribution in [3.63, 3.8) is 0 Å². The Morgan fingerprint density at radius 2 is 1.63 bits per heavy atom. The van der Waals surface area contributed by atoms with E-state index in [-0.39, 0.29) is 0 Å². The second kappa shape index (κ2) is 9.06. The molecule has 1 aliphatic heterocycles. The van der Waals surface area contributed by atoms with E-state index in [9.17, 15) is 13.2 Å². The van der Waals surface area contributed by atoms with E-state index in [1.807, 2.05) is 44.2 Å². The lowest BCUT2D eigenvalue weighted by atomic mass is 10.1. The molecule has 1 amide bonds. The molecule has 3 rings (SSSR count). The molecule has 2 aromatic rings. The van der Waals surface area contributed by atoms with Crippen LogP contribution >= 0.6 is 0 Å². The average Bonchev–Trinajstić information content (AvgIpc) is 2.67. The fourth-order valence-electron chi connectivity index (χ4n) is 3.71. The van der Waals surface area contributed by atoms with Crippen molar-refractivity contribution < 1.29 is 17.9 Å². The molecule has 2 aromatic carbocycles. The number of rotatable bonds is 6. The number of aryl methyl sites for hydroxylation is 2. The van der Waals surface area contributed by atoms with Crippen LogP contribution in [-0.2, 0) is 19.6 Å². The van der Waals surface area contributed by atoms with Crippen LogP contribution in [0.2, 0.25) is 0 Å². The summed E-state index contributed by atoms with van der Waals surface area (Å²) >= 11 is 0. The molecule has 1 saturated heterocycles. The number of sulfonamides is 1. The first-order valence-corrected chi connectivity index (χ1v) is 11.8. The van der Waals surface area contributed by atoms with Crippen LogP contribution in [-0.4, -0.2) is 52.9 Å². The number of nitrogens with one attached hydrogen (secondary N) is 1. The lowest BCUT2D eigenvalue weighted by Gasteiger charge is -2.29. The van der Waals surface area contributed by atoms with E-state index in [0.29, 0.717) is 24.6 Å². The predicted octanol–water partition coefficient (Wildman–Crippen LogP) is 2.93. The third kappa shape index (κ3) is 5.31. The molecular weight excluding hydrogens is 402 g/mol. The molecule has 0 aromatic heterocycles. The highest BCUT2D eigenvalue weighted by molar-refractivity contribution is 7.92. The average molecular weight is 432 g/mol. The van der Waals surface area contributed by atoms with Crippen LogP contribution in [0.5, 0.6) is 0 Å². The summed E-state index contributed by atoms with van der Waals surface area (Å²) in [4.78, 5) is 15.1. The molecule has 0 spiro atoms. The second-order valence-electron chi connectivity index (χ2n) is 7.72. The Kier molecular flexibility index (Phi) is 6.67. The SMILES string of the molecule is Cc1cc(C)cc(N([C@@H](C)C(=O)Nc2ccc(N3CCOCC3)cc2)S(C)(=O)=O)c1. The summed E-state index contributed by atoms with van der Waals surface area (Å²) in [5, 5.41) is 2.84. The number of morpholine rings is 1. The molecule has 0 unspecified atom stereocenters. The van der Waals surface area contributed by atoms with E-state index in [4.69, 9.17) is 4.74 Å². The van der Waals surface area contributed by atoms with Gasteiger partial charge in [0, 0.05) is 24.5 Å². The molecule has 1 heterocycles. The maximum Gasteiger partial charge on any atom is 0.247 e. The summed E-state index contributed by atoms with van der Waals surface area (Å²) in [6.07, 6.45) is 1.12. The summed E-state index contributed by atoms with van der Waals surface area (Å²) in [5.41, 5.74) is 4.05. The number of carbonyl (C=O) groups is 1. The van der Waals surface area contributed by atoms with Gasteiger partial charge in [-0.3, -0.25) is 9.10 Å². The fourth-order valence-corrected chi connectivity index (χ4v) is 4.87. The molecule has 0 bridgehead atoms. The van der Waals surface area contributed by atoms with Gasteiger partial charge in [-0.15, -0.1) is 0 Å². The van der Waals surface area contributed by atoms with E-state index in [0.717, 1.165) is 36.2 Å². The molecular formula is C22H29N3O4S. The summed E-state index contributed by atoms with van der Waals surface area (Å²) in [6.45, 7) is 8.47. The number of ether oxygens (including phenoxy) is 1. The van der Waals surface area contributed by atoms with E-state index in [1.54, 1.807) is 19.1 Å². The largest absolute Gasteiger partial charge is 0.378 e. The maximum atomic E-state index is 12.9. The van der Waals surface area contributed by atoms with Crippen molar-refractivity contribution in [2.24, 2.45) is 0 Å². The fraction of sp³-hybridized carbons (Fsp3) is 0.409. The van der Waals surface area contributed by atoms with Gasteiger partial charge in [-0.05, 0) is 68.3 Å². The Morgan fingerprint density at radius 1 is 1.07 bits per heavy atom. The lowest BCUT2D eigenvalue weighted by molar-refractivity contribution is -0.116. The van der Waals surface area contributed by atoms with Gasteiger partial charge in [0.25, 0.3) is 0 Å². The minimum absolute atomic E-state index is 0.390. The minimum Gasteiger partial charge on any atom is -0.378 e. The quantitative estimate of drug-likeness (QED) is 0.761. The van der Waals surface area contributed by atoms with Crippen molar-refractivity contribution in [2.45, 2.75) is 26.8 Å². The number of anilines is 3. The van der Waals surface area contributed by atoms with Gasteiger partial charge in [0.05, 0.1) is 25.2 Å². The first-order valence-electron chi connectivity index (χ1n) is 9.96. The number of amides is 1. The van der Waals surface area contributed by atoms with Crippen molar-refractivity contribution in [1.29, 1.82) is 0 Å². The van der Waals surface area contributed by atoms with Crippen molar-refractivity contribution in [1.82, 2.24) is 0 Å². The van der Waals surface area contributed by atoms with Gasteiger partial charge >= 0.3 is 0 Å². The predicted molar refractivity (Wildman–Crippen MR) is 121 cm³/mol. The van der Waals surface area contributed by atoms with Crippen LogP contribution in [0, 0.1) is 13.8 Å². The van der Waals surface area contributed by atoms with Gasteiger partial charge in [-0.25, -0.2) is 8.42 Å². The molecule has 1 fully saturated rings.